The van der Waals surface area contributed by atoms with Crippen LogP contribution in [0.25, 0.3) is 0 Å². The summed E-state index contributed by atoms with van der Waals surface area (Å²) in [6, 6.07) is 11.9. The number of hydrogen-bond acceptors (Lipinski definition) is 6. The Morgan fingerprint density at radius 1 is 1.26 bits per heavy atom. The number of rotatable bonds is 3. The van der Waals surface area contributed by atoms with Crippen LogP contribution in [-0.2, 0) is 10.4 Å². The van der Waals surface area contributed by atoms with E-state index in [2.05, 4.69) is 5.16 Å². The lowest BCUT2D eigenvalue weighted by Gasteiger charge is -2.21. The molecule has 2 aromatic carbocycles. The predicted molar refractivity (Wildman–Crippen MR) is 82.5 cm³/mol. The molecule has 0 spiro atoms. The first-order valence-corrected chi connectivity index (χ1v) is 6.92. The topological polar surface area (TPSA) is 105 Å². The van der Waals surface area contributed by atoms with Crippen LogP contribution in [-0.4, -0.2) is 20.8 Å². The number of nitrogens with zero attached hydrogens (tertiary/aromatic N) is 2. The average Bonchev–Trinajstić information content (AvgIpc) is 2.94. The van der Waals surface area contributed by atoms with Gasteiger partial charge in [-0.15, -0.1) is 0 Å². The zero-order valence-electron chi connectivity index (χ0n) is 12.3. The molecule has 3 rings (SSSR count). The monoisotopic (exact) mass is 314 g/mol. The minimum Gasteiger partial charge on any atom is -0.504 e. The van der Waals surface area contributed by atoms with E-state index in [-0.39, 0.29) is 0 Å². The summed E-state index contributed by atoms with van der Waals surface area (Å²) in [5.41, 5.74) is 0.479. The third-order valence-electron chi connectivity index (χ3n) is 3.85. The molecule has 2 N–H and O–H groups in total. The third-order valence-corrected chi connectivity index (χ3v) is 3.85. The Labute approximate surface area is 131 Å². The first-order valence-electron chi connectivity index (χ1n) is 6.92. The Bertz CT molecular complexity index is 804. The summed E-state index contributed by atoms with van der Waals surface area (Å²) < 4.78 is 0. The Balaban J connectivity index is 1.95. The second kappa shape index (κ2) is 5.28. The molecule has 1 aliphatic rings. The molecule has 1 atom stereocenters. The maximum Gasteiger partial charge on any atom is 0.315 e. The van der Waals surface area contributed by atoms with Gasteiger partial charge in [0.1, 0.15) is 0 Å². The minimum atomic E-state index is -0.760. The van der Waals surface area contributed by atoms with E-state index in [0.717, 1.165) is 5.56 Å². The van der Waals surface area contributed by atoms with Crippen LogP contribution >= 0.6 is 0 Å². The highest BCUT2D eigenvalue weighted by molar-refractivity contribution is 6.03. The highest BCUT2D eigenvalue weighted by atomic mass is 16.7. The van der Waals surface area contributed by atoms with Gasteiger partial charge in [0.15, 0.2) is 11.4 Å². The van der Waals surface area contributed by atoms with Gasteiger partial charge in [0, 0.05) is 18.1 Å². The number of phenols is 2. The Hall–Kier alpha value is -3.09. The van der Waals surface area contributed by atoms with E-state index in [1.165, 1.54) is 12.1 Å². The standard InChI is InChI=1S/C16H14N2O5/c1-16(11-5-3-2-4-6-11)9-12(17-23-16)10-7-13(18(21)22)15(20)14(19)8-10/h2-8,19-20H,9H2,1H3. The van der Waals surface area contributed by atoms with Crippen LogP contribution in [0.15, 0.2) is 47.6 Å². The molecule has 118 valence electrons. The molecule has 0 aliphatic carbocycles. The van der Waals surface area contributed by atoms with E-state index in [4.69, 9.17) is 4.84 Å². The SMILES string of the molecule is CC1(c2ccccc2)CC(c2cc(O)c(O)c([N+](=O)[O-])c2)=NO1. The Morgan fingerprint density at radius 2 is 1.96 bits per heavy atom. The summed E-state index contributed by atoms with van der Waals surface area (Å²) in [6.07, 6.45) is 0.387. The van der Waals surface area contributed by atoms with Crippen LogP contribution in [0, 0.1) is 10.1 Å². The molecule has 1 heterocycles. The van der Waals surface area contributed by atoms with Gasteiger partial charge in [-0.1, -0.05) is 35.5 Å². The average molecular weight is 314 g/mol. The molecule has 0 radical (unpaired) electrons. The summed E-state index contributed by atoms with van der Waals surface area (Å²) in [7, 11) is 0. The number of oxime groups is 1. The van der Waals surface area contributed by atoms with Crippen molar-refractivity contribution < 1.29 is 20.0 Å². The van der Waals surface area contributed by atoms with Crippen molar-refractivity contribution in [3.8, 4) is 11.5 Å². The van der Waals surface area contributed by atoms with E-state index in [9.17, 15) is 20.3 Å². The van der Waals surface area contributed by atoms with Gasteiger partial charge in [-0.05, 0) is 18.6 Å². The second-order valence-electron chi connectivity index (χ2n) is 5.52. The maximum atomic E-state index is 11.0. The zero-order chi connectivity index (χ0) is 16.6. The third kappa shape index (κ3) is 2.57. The largest absolute Gasteiger partial charge is 0.504 e. The van der Waals surface area contributed by atoms with Crippen LogP contribution in [0.2, 0.25) is 0 Å². The summed E-state index contributed by atoms with van der Waals surface area (Å²) in [5, 5.41) is 34.2. The van der Waals surface area contributed by atoms with Gasteiger partial charge in [0.25, 0.3) is 0 Å². The maximum absolute atomic E-state index is 11.0. The quantitative estimate of drug-likeness (QED) is 0.514. The highest BCUT2D eigenvalue weighted by Gasteiger charge is 2.37. The van der Waals surface area contributed by atoms with E-state index < -0.39 is 27.7 Å². The Morgan fingerprint density at radius 3 is 2.61 bits per heavy atom. The molecule has 23 heavy (non-hydrogen) atoms. The highest BCUT2D eigenvalue weighted by Crippen LogP contribution is 2.40. The van der Waals surface area contributed by atoms with Crippen molar-refractivity contribution in [2.45, 2.75) is 18.9 Å². The number of hydrogen-bond donors (Lipinski definition) is 2. The molecule has 0 amide bonds. The van der Waals surface area contributed by atoms with E-state index in [1.54, 1.807) is 0 Å². The first kappa shape index (κ1) is 14.8. The zero-order valence-corrected chi connectivity index (χ0v) is 12.3. The molecule has 0 saturated heterocycles. The molecule has 7 nitrogen and oxygen atoms in total. The molecule has 2 aromatic rings. The summed E-state index contributed by atoms with van der Waals surface area (Å²) in [6.45, 7) is 1.87. The molecular weight excluding hydrogens is 300 g/mol. The van der Waals surface area contributed by atoms with Crippen molar-refractivity contribution in [1.82, 2.24) is 0 Å². The molecule has 7 heteroatoms. The van der Waals surface area contributed by atoms with Crippen LogP contribution in [0.5, 0.6) is 11.5 Å². The molecule has 1 aliphatic heterocycles. The number of aromatic hydroxyl groups is 2. The van der Waals surface area contributed by atoms with E-state index >= 15 is 0 Å². The summed E-state index contributed by atoms with van der Waals surface area (Å²) >= 11 is 0. The van der Waals surface area contributed by atoms with Gasteiger partial charge in [-0.2, -0.15) is 0 Å². The fourth-order valence-electron chi connectivity index (χ4n) is 2.55. The Kier molecular flexibility index (Phi) is 3.40. The molecule has 0 aromatic heterocycles. The van der Waals surface area contributed by atoms with Crippen molar-refractivity contribution in [3.63, 3.8) is 0 Å². The molecule has 0 saturated carbocycles. The number of benzene rings is 2. The normalized spacial score (nSPS) is 20.0. The molecule has 0 bridgehead atoms. The lowest BCUT2D eigenvalue weighted by Crippen LogP contribution is -2.21. The van der Waals surface area contributed by atoms with Gasteiger partial charge in [0.2, 0.25) is 5.75 Å². The van der Waals surface area contributed by atoms with Gasteiger partial charge in [-0.3, -0.25) is 10.1 Å². The van der Waals surface area contributed by atoms with Gasteiger partial charge in [-0.25, -0.2) is 0 Å². The fraction of sp³-hybridized carbons (Fsp3) is 0.188. The molecular formula is C16H14N2O5. The fourth-order valence-corrected chi connectivity index (χ4v) is 2.55. The number of nitro benzene ring substituents is 1. The minimum absolute atomic E-state index is 0.339. The van der Waals surface area contributed by atoms with Crippen molar-refractivity contribution in [1.29, 1.82) is 0 Å². The van der Waals surface area contributed by atoms with Crippen LogP contribution in [0.4, 0.5) is 5.69 Å². The van der Waals surface area contributed by atoms with Crippen LogP contribution in [0.3, 0.4) is 0 Å². The number of nitro groups is 1. The predicted octanol–water partition coefficient (Wildman–Crippen LogP) is 3.05. The smallest absolute Gasteiger partial charge is 0.315 e. The van der Waals surface area contributed by atoms with Gasteiger partial charge < -0.3 is 15.1 Å². The van der Waals surface area contributed by atoms with Crippen molar-refractivity contribution in [2.75, 3.05) is 0 Å². The lowest BCUT2D eigenvalue weighted by atomic mass is 9.89. The molecule has 0 fully saturated rings. The van der Waals surface area contributed by atoms with Gasteiger partial charge >= 0.3 is 5.69 Å². The van der Waals surface area contributed by atoms with Crippen molar-refractivity contribution in [3.05, 3.63) is 63.7 Å². The van der Waals surface area contributed by atoms with Crippen LogP contribution in [0.1, 0.15) is 24.5 Å². The first-order chi connectivity index (χ1) is 10.9. The lowest BCUT2D eigenvalue weighted by molar-refractivity contribution is -0.386. The van der Waals surface area contributed by atoms with Gasteiger partial charge in [0.05, 0.1) is 10.6 Å². The number of phenolic OH excluding ortho intramolecular Hbond substituents is 2. The van der Waals surface area contributed by atoms with Crippen molar-refractivity contribution in [2.24, 2.45) is 5.16 Å². The van der Waals surface area contributed by atoms with Crippen molar-refractivity contribution >= 4 is 11.4 Å². The summed E-state index contributed by atoms with van der Waals surface area (Å²) in [5.74, 6) is -1.32. The van der Waals surface area contributed by atoms with E-state index in [1.807, 2.05) is 37.3 Å². The van der Waals surface area contributed by atoms with Crippen LogP contribution < -0.4 is 0 Å². The van der Waals surface area contributed by atoms with E-state index in [0.29, 0.717) is 17.7 Å². The molecule has 1 unspecified atom stereocenters. The second-order valence-corrected chi connectivity index (χ2v) is 5.52. The summed E-state index contributed by atoms with van der Waals surface area (Å²) in [4.78, 5) is 15.7.